The summed E-state index contributed by atoms with van der Waals surface area (Å²) < 4.78 is 4.77. The molecule has 2 aromatic carbocycles. The molecule has 0 spiro atoms. The number of carboxylic acids is 1. The van der Waals surface area contributed by atoms with Crippen molar-refractivity contribution in [2.75, 3.05) is 7.11 Å². The highest BCUT2D eigenvalue weighted by Crippen LogP contribution is 2.29. The molecular weight excluding hydrogens is 300 g/mol. The van der Waals surface area contributed by atoms with Gasteiger partial charge in [0, 0.05) is 9.79 Å². The number of carbonyl (C=O) groups excluding carboxylic acids is 1. The van der Waals surface area contributed by atoms with Crippen LogP contribution in [0.1, 0.15) is 33.2 Å². The molecule has 0 bridgehead atoms. The van der Waals surface area contributed by atoms with Crippen LogP contribution in [0.5, 0.6) is 0 Å². The van der Waals surface area contributed by atoms with E-state index in [9.17, 15) is 9.59 Å². The van der Waals surface area contributed by atoms with E-state index in [4.69, 9.17) is 9.84 Å². The largest absolute Gasteiger partial charge is 0.478 e. The second-order valence-electron chi connectivity index (χ2n) is 4.60. The maximum Gasteiger partial charge on any atom is 0.338 e. The minimum Gasteiger partial charge on any atom is -0.478 e. The van der Waals surface area contributed by atoms with E-state index in [2.05, 4.69) is 0 Å². The van der Waals surface area contributed by atoms with Gasteiger partial charge in [0.1, 0.15) is 0 Å². The number of hydrogen-bond acceptors (Lipinski definition) is 4. The molecule has 0 atom stereocenters. The van der Waals surface area contributed by atoms with Gasteiger partial charge in [0.25, 0.3) is 0 Å². The average molecular weight is 316 g/mol. The highest BCUT2D eigenvalue weighted by atomic mass is 32.2. The maximum absolute atomic E-state index is 11.7. The van der Waals surface area contributed by atoms with E-state index < -0.39 is 5.97 Å². The molecule has 0 aliphatic carbocycles. The summed E-state index contributed by atoms with van der Waals surface area (Å²) in [6.07, 6.45) is 0.733. The maximum atomic E-state index is 11.7. The zero-order chi connectivity index (χ0) is 16.1. The second-order valence-corrected chi connectivity index (χ2v) is 5.74. The third-order valence-corrected chi connectivity index (χ3v) is 4.20. The Morgan fingerprint density at radius 3 is 2.27 bits per heavy atom. The Kier molecular flexibility index (Phi) is 5.22. The summed E-state index contributed by atoms with van der Waals surface area (Å²) in [7, 11) is 1.37. The Labute approximate surface area is 133 Å². The summed E-state index contributed by atoms with van der Waals surface area (Å²) in [6, 6.07) is 12.3. The lowest BCUT2D eigenvalue weighted by molar-refractivity contribution is 0.0598. The van der Waals surface area contributed by atoms with Gasteiger partial charge in [-0.1, -0.05) is 18.7 Å². The highest BCUT2D eigenvalue weighted by Gasteiger charge is 2.11. The Morgan fingerprint density at radius 2 is 1.73 bits per heavy atom. The number of esters is 1. The Bertz CT molecular complexity index is 692. The van der Waals surface area contributed by atoms with Gasteiger partial charge in [-0.2, -0.15) is 0 Å². The normalized spacial score (nSPS) is 10.3. The van der Waals surface area contributed by atoms with E-state index in [1.54, 1.807) is 30.3 Å². The van der Waals surface area contributed by atoms with Crippen LogP contribution in [-0.2, 0) is 11.2 Å². The summed E-state index contributed by atoms with van der Waals surface area (Å²) in [6.45, 7) is 1.98. The van der Waals surface area contributed by atoms with Crippen LogP contribution in [0.25, 0.3) is 0 Å². The van der Waals surface area contributed by atoms with Crippen LogP contribution in [0.3, 0.4) is 0 Å². The van der Waals surface area contributed by atoms with Crippen molar-refractivity contribution in [1.82, 2.24) is 0 Å². The van der Waals surface area contributed by atoms with Crippen LogP contribution >= 0.6 is 11.8 Å². The summed E-state index contributed by atoms with van der Waals surface area (Å²) in [4.78, 5) is 24.4. The lowest BCUT2D eigenvalue weighted by atomic mass is 10.1. The van der Waals surface area contributed by atoms with Crippen molar-refractivity contribution in [3.05, 3.63) is 59.2 Å². The number of carboxylic acid groups (broad SMARTS) is 1. The number of aromatic carboxylic acids is 1. The van der Waals surface area contributed by atoms with E-state index in [1.807, 2.05) is 19.1 Å². The number of hydrogen-bond donors (Lipinski definition) is 1. The van der Waals surface area contributed by atoms with Gasteiger partial charge in [0.05, 0.1) is 18.2 Å². The molecule has 0 aliphatic rings. The van der Waals surface area contributed by atoms with Gasteiger partial charge >= 0.3 is 11.9 Å². The van der Waals surface area contributed by atoms with Crippen molar-refractivity contribution in [2.45, 2.75) is 23.1 Å². The van der Waals surface area contributed by atoms with Crippen LogP contribution < -0.4 is 0 Å². The van der Waals surface area contributed by atoms with Crippen molar-refractivity contribution in [2.24, 2.45) is 0 Å². The minimum absolute atomic E-state index is 0.264. The lowest BCUT2D eigenvalue weighted by Crippen LogP contribution is -2.05. The molecule has 0 fully saturated rings. The van der Waals surface area contributed by atoms with Crippen molar-refractivity contribution >= 4 is 23.7 Å². The number of carbonyl (C=O) groups is 2. The molecule has 0 aromatic heterocycles. The predicted molar refractivity (Wildman–Crippen MR) is 84.7 cm³/mol. The molecule has 22 heavy (non-hydrogen) atoms. The standard InChI is InChI=1S/C17H16O4S/c1-3-11-10-14(8-9-15(11)17(20)21-2)22-13-6-4-12(5-7-13)16(18)19/h4-10H,3H2,1-2H3,(H,18,19). The first-order valence-corrected chi connectivity index (χ1v) is 7.59. The number of methoxy groups -OCH3 is 1. The van der Waals surface area contributed by atoms with Gasteiger partial charge in [-0.3, -0.25) is 0 Å². The van der Waals surface area contributed by atoms with Crippen molar-refractivity contribution in [3.63, 3.8) is 0 Å². The molecule has 4 nitrogen and oxygen atoms in total. The fourth-order valence-corrected chi connectivity index (χ4v) is 2.92. The highest BCUT2D eigenvalue weighted by molar-refractivity contribution is 7.99. The topological polar surface area (TPSA) is 63.6 Å². The van der Waals surface area contributed by atoms with Gasteiger partial charge in [0.2, 0.25) is 0 Å². The Balaban J connectivity index is 2.22. The molecule has 0 unspecified atom stereocenters. The molecule has 2 aromatic rings. The van der Waals surface area contributed by atoms with Crippen molar-refractivity contribution in [3.8, 4) is 0 Å². The summed E-state index contributed by atoms with van der Waals surface area (Å²) >= 11 is 1.52. The Morgan fingerprint density at radius 1 is 1.09 bits per heavy atom. The molecule has 0 saturated heterocycles. The predicted octanol–water partition coefficient (Wildman–Crippen LogP) is 3.89. The zero-order valence-corrected chi connectivity index (χ0v) is 13.1. The van der Waals surface area contributed by atoms with E-state index in [0.29, 0.717) is 5.56 Å². The van der Waals surface area contributed by atoms with E-state index in [0.717, 1.165) is 21.8 Å². The third-order valence-electron chi connectivity index (χ3n) is 3.20. The smallest absolute Gasteiger partial charge is 0.338 e. The van der Waals surface area contributed by atoms with E-state index in [1.165, 1.54) is 18.9 Å². The third kappa shape index (κ3) is 3.68. The first-order valence-electron chi connectivity index (χ1n) is 6.77. The summed E-state index contributed by atoms with van der Waals surface area (Å²) in [5.41, 5.74) is 1.77. The average Bonchev–Trinajstić information content (AvgIpc) is 2.54. The molecular formula is C17H16O4S. The van der Waals surface area contributed by atoms with Crippen molar-refractivity contribution in [1.29, 1.82) is 0 Å². The zero-order valence-electron chi connectivity index (χ0n) is 12.3. The van der Waals surface area contributed by atoms with E-state index >= 15 is 0 Å². The quantitative estimate of drug-likeness (QED) is 0.848. The molecule has 5 heteroatoms. The fourth-order valence-electron chi connectivity index (χ4n) is 2.04. The molecule has 0 aliphatic heterocycles. The number of rotatable bonds is 5. The number of ether oxygens (including phenoxy) is 1. The Hall–Kier alpha value is -2.27. The monoisotopic (exact) mass is 316 g/mol. The minimum atomic E-state index is -0.938. The molecule has 1 N–H and O–H groups in total. The van der Waals surface area contributed by atoms with Gasteiger partial charge in [-0.05, 0) is 54.4 Å². The van der Waals surface area contributed by atoms with Gasteiger partial charge in [-0.15, -0.1) is 0 Å². The van der Waals surface area contributed by atoms with Crippen LogP contribution in [0.4, 0.5) is 0 Å². The van der Waals surface area contributed by atoms with Gasteiger partial charge < -0.3 is 9.84 Å². The first-order chi connectivity index (χ1) is 10.5. The first kappa shape index (κ1) is 16.1. The van der Waals surface area contributed by atoms with Crippen LogP contribution in [0.15, 0.2) is 52.3 Å². The van der Waals surface area contributed by atoms with Gasteiger partial charge in [0.15, 0.2) is 0 Å². The van der Waals surface area contributed by atoms with Crippen molar-refractivity contribution < 1.29 is 19.4 Å². The SMILES string of the molecule is CCc1cc(Sc2ccc(C(=O)O)cc2)ccc1C(=O)OC. The summed E-state index contributed by atoms with van der Waals surface area (Å²) in [5, 5.41) is 8.89. The lowest BCUT2D eigenvalue weighted by Gasteiger charge is -2.09. The molecule has 0 saturated carbocycles. The molecule has 0 heterocycles. The van der Waals surface area contributed by atoms with Crippen LogP contribution in [0, 0.1) is 0 Å². The molecule has 0 amide bonds. The summed E-state index contributed by atoms with van der Waals surface area (Å²) in [5.74, 6) is -1.27. The number of benzene rings is 2. The molecule has 0 radical (unpaired) electrons. The molecule has 2 rings (SSSR count). The fraction of sp³-hybridized carbons (Fsp3) is 0.176. The van der Waals surface area contributed by atoms with Crippen LogP contribution in [-0.4, -0.2) is 24.2 Å². The number of aryl methyl sites for hydroxylation is 1. The van der Waals surface area contributed by atoms with E-state index in [-0.39, 0.29) is 11.5 Å². The second kappa shape index (κ2) is 7.13. The van der Waals surface area contributed by atoms with Gasteiger partial charge in [-0.25, -0.2) is 9.59 Å². The molecule has 114 valence electrons. The van der Waals surface area contributed by atoms with Crippen LogP contribution in [0.2, 0.25) is 0 Å².